The maximum absolute atomic E-state index is 12.2. The molecule has 0 aromatic carbocycles. The minimum atomic E-state index is 0.0669. The van der Waals surface area contributed by atoms with E-state index in [0.29, 0.717) is 11.6 Å². The summed E-state index contributed by atoms with van der Waals surface area (Å²) in [5, 5.41) is 6.89. The first-order valence-electron chi connectivity index (χ1n) is 7.36. The van der Waals surface area contributed by atoms with Gasteiger partial charge in [0.2, 0.25) is 5.91 Å². The number of piperidine rings is 1. The Morgan fingerprint density at radius 1 is 1.39 bits per heavy atom. The van der Waals surface area contributed by atoms with Gasteiger partial charge in [-0.1, -0.05) is 0 Å². The van der Waals surface area contributed by atoms with Crippen LogP contribution >= 0.6 is 0 Å². The molecule has 2 aliphatic heterocycles. The molecule has 3 aliphatic rings. The lowest BCUT2D eigenvalue weighted by Gasteiger charge is -2.48. The third-order valence-electron chi connectivity index (χ3n) is 5.00. The monoisotopic (exact) mass is 252 g/mol. The van der Waals surface area contributed by atoms with Gasteiger partial charge in [0.15, 0.2) is 0 Å². The summed E-state index contributed by atoms with van der Waals surface area (Å²) in [6.45, 7) is 3.78. The quantitative estimate of drug-likeness (QED) is 0.776. The van der Waals surface area contributed by atoms with Crippen molar-refractivity contribution in [2.75, 3.05) is 13.2 Å². The van der Waals surface area contributed by atoms with Crippen molar-refractivity contribution in [1.29, 1.82) is 0 Å². The highest BCUT2D eigenvalue weighted by Crippen LogP contribution is 2.38. The minimum Gasteiger partial charge on any atom is -0.378 e. The summed E-state index contributed by atoms with van der Waals surface area (Å²) in [5.74, 6) is 0.276. The molecule has 1 spiro atoms. The fourth-order valence-corrected chi connectivity index (χ4v) is 3.65. The third kappa shape index (κ3) is 2.28. The van der Waals surface area contributed by atoms with E-state index in [1.165, 1.54) is 19.3 Å². The Morgan fingerprint density at radius 3 is 2.83 bits per heavy atom. The molecule has 3 fully saturated rings. The zero-order chi connectivity index (χ0) is 12.6. The lowest BCUT2D eigenvalue weighted by Crippen LogP contribution is -2.60. The summed E-state index contributed by atoms with van der Waals surface area (Å²) in [7, 11) is 0. The Kier molecular flexibility index (Phi) is 3.32. The molecule has 1 amide bonds. The molecule has 1 aliphatic carbocycles. The highest BCUT2D eigenvalue weighted by molar-refractivity contribution is 5.79. The SMILES string of the molecule is CC1OCCC1C(=O)NC1CCNC2(CCC2)C1. The first-order chi connectivity index (χ1) is 8.69. The average molecular weight is 252 g/mol. The van der Waals surface area contributed by atoms with E-state index >= 15 is 0 Å². The normalized spacial score (nSPS) is 38.4. The number of hydrogen-bond acceptors (Lipinski definition) is 3. The predicted octanol–water partition coefficient (Wildman–Crippen LogP) is 1.20. The molecule has 3 unspecified atom stereocenters. The van der Waals surface area contributed by atoms with Gasteiger partial charge < -0.3 is 15.4 Å². The van der Waals surface area contributed by atoms with Crippen LogP contribution in [0, 0.1) is 5.92 Å². The van der Waals surface area contributed by atoms with Gasteiger partial charge in [0.05, 0.1) is 12.0 Å². The number of ether oxygens (including phenoxy) is 1. The molecule has 102 valence electrons. The number of carbonyl (C=O) groups excluding carboxylic acids is 1. The molecule has 3 atom stereocenters. The minimum absolute atomic E-state index is 0.0669. The van der Waals surface area contributed by atoms with Gasteiger partial charge >= 0.3 is 0 Å². The second-order valence-electron chi connectivity index (χ2n) is 6.23. The number of nitrogens with one attached hydrogen (secondary N) is 2. The standard InChI is InChI=1S/C14H24N2O2/c1-10-12(4-8-18-10)13(17)16-11-3-7-15-14(9-11)5-2-6-14/h10-12,15H,2-9H2,1H3,(H,16,17). The van der Waals surface area contributed by atoms with Crippen molar-refractivity contribution < 1.29 is 9.53 Å². The van der Waals surface area contributed by atoms with Crippen LogP contribution in [-0.4, -0.2) is 36.7 Å². The van der Waals surface area contributed by atoms with Crippen molar-refractivity contribution in [3.63, 3.8) is 0 Å². The topological polar surface area (TPSA) is 50.4 Å². The first kappa shape index (κ1) is 12.4. The van der Waals surface area contributed by atoms with Crippen LogP contribution in [0.5, 0.6) is 0 Å². The molecule has 2 saturated heterocycles. The summed E-state index contributed by atoms with van der Waals surface area (Å²) in [6, 6.07) is 0.367. The summed E-state index contributed by atoms with van der Waals surface area (Å²) in [5.41, 5.74) is 0.355. The molecule has 18 heavy (non-hydrogen) atoms. The van der Waals surface area contributed by atoms with Gasteiger partial charge in [0, 0.05) is 18.2 Å². The molecule has 0 radical (unpaired) electrons. The van der Waals surface area contributed by atoms with Crippen molar-refractivity contribution in [3.05, 3.63) is 0 Å². The lowest BCUT2D eigenvalue weighted by atomic mass is 9.70. The van der Waals surface area contributed by atoms with Gasteiger partial charge in [-0.3, -0.25) is 4.79 Å². The highest BCUT2D eigenvalue weighted by atomic mass is 16.5. The summed E-state index contributed by atoms with van der Waals surface area (Å²) in [6.07, 6.45) is 7.04. The van der Waals surface area contributed by atoms with Crippen LogP contribution in [-0.2, 0) is 9.53 Å². The Labute approximate surface area is 109 Å². The number of rotatable bonds is 2. The second-order valence-corrected chi connectivity index (χ2v) is 6.23. The van der Waals surface area contributed by atoms with E-state index in [0.717, 1.165) is 32.4 Å². The fourth-order valence-electron chi connectivity index (χ4n) is 3.65. The molecular weight excluding hydrogens is 228 g/mol. The number of carbonyl (C=O) groups is 1. The molecule has 2 heterocycles. The molecule has 4 heteroatoms. The van der Waals surface area contributed by atoms with Crippen molar-refractivity contribution in [2.45, 2.75) is 63.1 Å². The zero-order valence-electron chi connectivity index (χ0n) is 11.2. The van der Waals surface area contributed by atoms with E-state index < -0.39 is 0 Å². The van der Waals surface area contributed by atoms with E-state index in [-0.39, 0.29) is 17.9 Å². The van der Waals surface area contributed by atoms with Gasteiger partial charge in [-0.2, -0.15) is 0 Å². The van der Waals surface area contributed by atoms with Gasteiger partial charge in [-0.05, 0) is 52.0 Å². The van der Waals surface area contributed by atoms with Crippen LogP contribution < -0.4 is 10.6 Å². The van der Waals surface area contributed by atoms with E-state index in [1.807, 2.05) is 6.92 Å². The molecular formula is C14H24N2O2. The van der Waals surface area contributed by atoms with Crippen molar-refractivity contribution in [3.8, 4) is 0 Å². The molecule has 4 nitrogen and oxygen atoms in total. The smallest absolute Gasteiger partial charge is 0.226 e. The van der Waals surface area contributed by atoms with Gasteiger partial charge in [0.25, 0.3) is 0 Å². The van der Waals surface area contributed by atoms with Crippen LogP contribution in [0.4, 0.5) is 0 Å². The Morgan fingerprint density at radius 2 is 2.22 bits per heavy atom. The van der Waals surface area contributed by atoms with Gasteiger partial charge in [-0.25, -0.2) is 0 Å². The van der Waals surface area contributed by atoms with Crippen LogP contribution in [0.3, 0.4) is 0 Å². The zero-order valence-corrected chi connectivity index (χ0v) is 11.2. The van der Waals surface area contributed by atoms with Crippen molar-refractivity contribution >= 4 is 5.91 Å². The van der Waals surface area contributed by atoms with E-state index in [2.05, 4.69) is 10.6 Å². The molecule has 2 N–H and O–H groups in total. The largest absolute Gasteiger partial charge is 0.378 e. The van der Waals surface area contributed by atoms with Crippen molar-refractivity contribution in [1.82, 2.24) is 10.6 Å². The van der Waals surface area contributed by atoms with Crippen LogP contribution in [0.25, 0.3) is 0 Å². The summed E-state index contributed by atoms with van der Waals surface area (Å²) in [4.78, 5) is 12.2. The maximum atomic E-state index is 12.2. The average Bonchev–Trinajstić information content (AvgIpc) is 2.74. The third-order valence-corrected chi connectivity index (χ3v) is 5.00. The first-order valence-corrected chi connectivity index (χ1v) is 7.36. The highest BCUT2D eigenvalue weighted by Gasteiger charge is 2.42. The molecule has 0 aromatic heterocycles. The molecule has 1 saturated carbocycles. The fraction of sp³-hybridized carbons (Fsp3) is 0.929. The van der Waals surface area contributed by atoms with E-state index in [4.69, 9.17) is 4.74 Å². The molecule has 0 aromatic rings. The number of hydrogen-bond donors (Lipinski definition) is 2. The van der Waals surface area contributed by atoms with E-state index in [9.17, 15) is 4.79 Å². The van der Waals surface area contributed by atoms with Crippen LogP contribution in [0.15, 0.2) is 0 Å². The maximum Gasteiger partial charge on any atom is 0.226 e. The van der Waals surface area contributed by atoms with Crippen LogP contribution in [0.1, 0.15) is 45.4 Å². The van der Waals surface area contributed by atoms with Gasteiger partial charge in [0.1, 0.15) is 0 Å². The van der Waals surface area contributed by atoms with E-state index in [1.54, 1.807) is 0 Å². The molecule has 3 rings (SSSR count). The number of amides is 1. The van der Waals surface area contributed by atoms with Crippen LogP contribution in [0.2, 0.25) is 0 Å². The predicted molar refractivity (Wildman–Crippen MR) is 69.3 cm³/mol. The summed E-state index contributed by atoms with van der Waals surface area (Å²) < 4.78 is 5.48. The second kappa shape index (κ2) is 4.82. The van der Waals surface area contributed by atoms with Crippen molar-refractivity contribution in [2.24, 2.45) is 5.92 Å². The Bertz CT molecular complexity index is 328. The molecule has 0 bridgehead atoms. The Hall–Kier alpha value is -0.610. The Balaban J connectivity index is 1.54. The van der Waals surface area contributed by atoms with Gasteiger partial charge in [-0.15, -0.1) is 0 Å². The summed E-state index contributed by atoms with van der Waals surface area (Å²) >= 11 is 0. The lowest BCUT2D eigenvalue weighted by molar-refractivity contribution is -0.127.